The van der Waals surface area contributed by atoms with Crippen molar-refractivity contribution >= 4 is 6.21 Å². The van der Waals surface area contributed by atoms with Crippen molar-refractivity contribution in [1.82, 2.24) is 0 Å². The molecular weight excluding hydrogens is 321 g/mol. The first-order chi connectivity index (χ1) is 11.0. The van der Waals surface area contributed by atoms with Crippen molar-refractivity contribution in [3.05, 3.63) is 64.5 Å². The summed E-state index contributed by atoms with van der Waals surface area (Å²) in [5.41, 5.74) is -0.737. The maximum Gasteiger partial charge on any atom is 0.200 e. The summed E-state index contributed by atoms with van der Waals surface area (Å²) in [5.74, 6) is -9.83. The quantitative estimate of drug-likeness (QED) is 0.274. The fourth-order valence-corrected chi connectivity index (χ4v) is 1.69. The Kier molecular flexibility index (Phi) is 5.15. The van der Waals surface area contributed by atoms with Crippen LogP contribution in [0, 0.1) is 29.1 Å². The second-order valence-electron chi connectivity index (χ2n) is 4.23. The zero-order valence-corrected chi connectivity index (χ0v) is 11.7. The molecule has 0 aliphatic heterocycles. The molecule has 0 aromatic heterocycles. The summed E-state index contributed by atoms with van der Waals surface area (Å²) in [6.07, 6.45) is 2.39. The van der Waals surface area contributed by atoms with Crippen LogP contribution in [0.1, 0.15) is 11.1 Å². The number of rotatable bonds is 5. The Bertz CT molecular complexity index is 720. The van der Waals surface area contributed by atoms with Gasteiger partial charge in [0, 0.05) is 5.56 Å². The van der Waals surface area contributed by atoms with E-state index in [9.17, 15) is 22.0 Å². The van der Waals surface area contributed by atoms with Crippen LogP contribution in [0.25, 0.3) is 0 Å². The third-order valence-electron chi connectivity index (χ3n) is 2.85. The van der Waals surface area contributed by atoms with Gasteiger partial charge in [-0.3, -0.25) is 0 Å². The van der Waals surface area contributed by atoms with Crippen LogP contribution >= 0.6 is 0 Å². The molecule has 0 fully saturated rings. The van der Waals surface area contributed by atoms with E-state index in [1.54, 1.807) is 24.3 Å². The summed E-state index contributed by atoms with van der Waals surface area (Å²) < 4.78 is 70.6. The van der Waals surface area contributed by atoms with Gasteiger partial charge < -0.3 is 9.57 Å². The first kappa shape index (κ1) is 16.7. The molecule has 0 unspecified atom stereocenters. The molecule has 0 saturated heterocycles. The van der Waals surface area contributed by atoms with Gasteiger partial charge in [0.15, 0.2) is 23.3 Å². The van der Waals surface area contributed by atoms with E-state index in [0.717, 1.165) is 0 Å². The Labute approximate surface area is 127 Å². The third-order valence-corrected chi connectivity index (χ3v) is 2.85. The molecule has 0 aliphatic rings. The van der Waals surface area contributed by atoms with Gasteiger partial charge in [-0.15, -0.1) is 0 Å². The zero-order chi connectivity index (χ0) is 17.0. The summed E-state index contributed by atoms with van der Waals surface area (Å²) in [7, 11) is 1.41. The van der Waals surface area contributed by atoms with E-state index >= 15 is 0 Å². The predicted molar refractivity (Wildman–Crippen MR) is 70.6 cm³/mol. The van der Waals surface area contributed by atoms with E-state index in [4.69, 9.17) is 4.74 Å². The molecule has 0 spiro atoms. The van der Waals surface area contributed by atoms with E-state index < -0.39 is 41.3 Å². The Morgan fingerprint density at radius 3 is 2.09 bits per heavy atom. The Hall–Kier alpha value is -2.64. The lowest BCUT2D eigenvalue weighted by molar-refractivity contribution is 0.124. The summed E-state index contributed by atoms with van der Waals surface area (Å²) in [4.78, 5) is 4.56. The molecule has 0 aliphatic carbocycles. The van der Waals surface area contributed by atoms with Crippen LogP contribution in [0.3, 0.4) is 0 Å². The van der Waals surface area contributed by atoms with Crippen LogP contribution in [-0.2, 0) is 11.4 Å². The number of halogens is 5. The van der Waals surface area contributed by atoms with Crippen molar-refractivity contribution in [2.45, 2.75) is 6.61 Å². The normalized spacial score (nSPS) is 11.0. The first-order valence-corrected chi connectivity index (χ1v) is 6.18. The van der Waals surface area contributed by atoms with Crippen molar-refractivity contribution in [1.29, 1.82) is 0 Å². The van der Waals surface area contributed by atoms with E-state index in [2.05, 4.69) is 16.2 Å². The van der Waals surface area contributed by atoms with Gasteiger partial charge in [0.2, 0.25) is 5.82 Å². The summed E-state index contributed by atoms with van der Waals surface area (Å²) in [5, 5.41) is 3.31. The highest BCUT2D eigenvalue weighted by Crippen LogP contribution is 2.23. The second kappa shape index (κ2) is 7.08. The lowest BCUT2D eigenvalue weighted by Crippen LogP contribution is -2.07. The Morgan fingerprint density at radius 2 is 1.48 bits per heavy atom. The lowest BCUT2D eigenvalue weighted by atomic mass is 10.2. The van der Waals surface area contributed by atoms with Crippen LogP contribution in [0.4, 0.5) is 22.0 Å². The molecule has 0 heterocycles. The molecule has 2 aromatic carbocycles. The molecule has 2 rings (SSSR count). The highest BCUT2D eigenvalue weighted by Gasteiger charge is 2.25. The molecule has 3 nitrogen and oxygen atoms in total. The van der Waals surface area contributed by atoms with Gasteiger partial charge in [-0.25, -0.2) is 22.0 Å². The second-order valence-corrected chi connectivity index (χ2v) is 4.23. The smallest absolute Gasteiger partial charge is 0.200 e. The van der Waals surface area contributed by atoms with Crippen LogP contribution in [-0.4, -0.2) is 13.3 Å². The van der Waals surface area contributed by atoms with E-state index in [0.29, 0.717) is 11.3 Å². The predicted octanol–water partition coefficient (Wildman–Crippen LogP) is 3.82. The third kappa shape index (κ3) is 3.41. The lowest BCUT2D eigenvalue weighted by Gasteiger charge is -2.07. The maximum absolute atomic E-state index is 13.4. The van der Waals surface area contributed by atoms with Crippen molar-refractivity contribution in [2.75, 3.05) is 7.11 Å². The van der Waals surface area contributed by atoms with Gasteiger partial charge in [-0.2, -0.15) is 0 Å². The molecule has 0 saturated carbocycles. The number of nitrogens with zero attached hydrogens (tertiary/aromatic N) is 1. The minimum Gasteiger partial charge on any atom is -0.496 e. The molecule has 121 valence electrons. The van der Waals surface area contributed by atoms with E-state index in [1.807, 2.05) is 0 Å². The van der Waals surface area contributed by atoms with Gasteiger partial charge in [0.1, 0.15) is 18.6 Å². The van der Waals surface area contributed by atoms with E-state index in [-0.39, 0.29) is 0 Å². The van der Waals surface area contributed by atoms with Gasteiger partial charge in [-0.05, 0) is 12.1 Å². The molecule has 0 N–H and O–H groups in total. The monoisotopic (exact) mass is 330 g/mol. The van der Waals surface area contributed by atoms with Crippen molar-refractivity contribution in [3.8, 4) is 5.75 Å². The summed E-state index contributed by atoms with van der Waals surface area (Å²) >= 11 is 0. The number of para-hydroxylation sites is 1. The number of ether oxygens (including phenoxy) is 1. The van der Waals surface area contributed by atoms with Crippen LogP contribution in [0.2, 0.25) is 0 Å². The Balaban J connectivity index is 2.15. The fraction of sp³-hybridized carbons (Fsp3) is 0.133. The molecule has 1 radical (unpaired) electrons. The van der Waals surface area contributed by atoms with Crippen molar-refractivity contribution in [3.63, 3.8) is 0 Å². The van der Waals surface area contributed by atoms with Gasteiger partial charge in [0.25, 0.3) is 0 Å². The Morgan fingerprint density at radius 1 is 0.913 bits per heavy atom. The summed E-state index contributed by atoms with van der Waals surface area (Å²) in [6.45, 7) is -0.950. The molecule has 8 heteroatoms. The van der Waals surface area contributed by atoms with Gasteiger partial charge >= 0.3 is 0 Å². The van der Waals surface area contributed by atoms with Crippen molar-refractivity contribution < 1.29 is 31.5 Å². The average molecular weight is 330 g/mol. The molecule has 2 aromatic rings. The minimum atomic E-state index is -2.23. The van der Waals surface area contributed by atoms with Crippen LogP contribution < -0.4 is 4.74 Å². The highest BCUT2D eigenvalue weighted by atomic mass is 19.2. The zero-order valence-electron chi connectivity index (χ0n) is 11.7. The first-order valence-electron chi connectivity index (χ1n) is 6.18. The van der Waals surface area contributed by atoms with Gasteiger partial charge in [-0.1, -0.05) is 17.3 Å². The van der Waals surface area contributed by atoms with Crippen LogP contribution in [0.15, 0.2) is 29.4 Å². The fourth-order valence-electron chi connectivity index (χ4n) is 1.69. The topological polar surface area (TPSA) is 30.8 Å². The minimum absolute atomic E-state index is 0.382. The summed E-state index contributed by atoms with van der Waals surface area (Å²) in [6, 6.07) is 6.54. The van der Waals surface area contributed by atoms with Gasteiger partial charge in [0.05, 0.1) is 12.7 Å². The number of benzene rings is 2. The molecule has 0 bridgehead atoms. The number of hydrogen-bond acceptors (Lipinski definition) is 3. The largest absolute Gasteiger partial charge is 0.496 e. The number of methoxy groups -OCH3 is 1. The molecule has 0 amide bonds. The maximum atomic E-state index is 13.4. The van der Waals surface area contributed by atoms with E-state index in [1.165, 1.54) is 7.11 Å². The van der Waals surface area contributed by atoms with Crippen LogP contribution in [0.5, 0.6) is 5.75 Å². The standard InChI is InChI=1S/C15H9F5NO2/c1-22-10-5-3-2-4-8(10)6-21-23-7-9-11(16)13(18)15(20)14(19)12(9)17/h2-5H,7H2,1H3. The molecule has 23 heavy (non-hydrogen) atoms. The highest BCUT2D eigenvalue weighted by molar-refractivity contribution is 5.82. The SMILES string of the molecule is COc1ccccc1/[C]=N\OCc1c(F)c(F)c(F)c(F)c1F. The molecule has 0 atom stereocenters. The number of hydrogen-bond donors (Lipinski definition) is 0. The molecular formula is C15H9F5NO2. The average Bonchev–Trinajstić information content (AvgIpc) is 2.58. The van der Waals surface area contributed by atoms with Crippen molar-refractivity contribution in [2.24, 2.45) is 5.16 Å².